The maximum Gasteiger partial charge on any atom is 0.262 e. The number of hydrogen-bond donors (Lipinski definition) is 1. The number of piperidine rings is 1. The first-order valence-electron chi connectivity index (χ1n) is 12.9. The molecule has 0 aliphatic carbocycles. The van der Waals surface area contributed by atoms with Gasteiger partial charge in [0, 0.05) is 24.7 Å². The molecule has 3 atom stereocenters. The van der Waals surface area contributed by atoms with E-state index in [0.717, 1.165) is 5.56 Å². The second kappa shape index (κ2) is 11.6. The number of ether oxygens (including phenoxy) is 1. The second-order valence-electron chi connectivity index (χ2n) is 9.74. The summed E-state index contributed by atoms with van der Waals surface area (Å²) in [6, 6.07) is 22.8. The number of benzene rings is 3. The van der Waals surface area contributed by atoms with E-state index in [0.29, 0.717) is 30.7 Å². The maximum absolute atomic E-state index is 14.0. The van der Waals surface area contributed by atoms with Crippen molar-refractivity contribution in [3.05, 3.63) is 96.1 Å². The Bertz CT molecular complexity index is 1400. The van der Waals surface area contributed by atoms with Crippen LogP contribution in [-0.4, -0.2) is 61.7 Å². The zero-order valence-corrected chi connectivity index (χ0v) is 22.4. The van der Waals surface area contributed by atoms with Gasteiger partial charge in [0.05, 0.1) is 18.6 Å². The molecule has 1 N–H and O–H groups in total. The van der Waals surface area contributed by atoms with Crippen molar-refractivity contribution < 1.29 is 27.6 Å². The van der Waals surface area contributed by atoms with Crippen molar-refractivity contribution in [1.29, 1.82) is 0 Å². The van der Waals surface area contributed by atoms with Gasteiger partial charge in [-0.3, -0.25) is 14.4 Å². The predicted octanol–water partition coefficient (Wildman–Crippen LogP) is 3.24. The summed E-state index contributed by atoms with van der Waals surface area (Å²) in [7, 11) is -2.59. The third-order valence-electron chi connectivity index (χ3n) is 7.38. The molecule has 3 aromatic rings. The molecule has 0 aromatic heterocycles. The van der Waals surface area contributed by atoms with Gasteiger partial charge in [0.1, 0.15) is 11.8 Å². The van der Waals surface area contributed by atoms with Gasteiger partial charge in [0.25, 0.3) is 11.8 Å². The molecule has 2 heterocycles. The largest absolute Gasteiger partial charge is 0.497 e. The average molecular weight is 550 g/mol. The van der Waals surface area contributed by atoms with E-state index in [1.165, 1.54) is 23.5 Å². The van der Waals surface area contributed by atoms with Crippen molar-refractivity contribution in [3.63, 3.8) is 0 Å². The lowest BCUT2D eigenvalue weighted by atomic mass is 9.91. The number of hydrogen-bond acceptors (Lipinski definition) is 6. The summed E-state index contributed by atoms with van der Waals surface area (Å²) >= 11 is 0. The number of amides is 2. The highest BCUT2D eigenvalue weighted by Crippen LogP contribution is 2.40. The molecule has 204 valence electrons. The molecule has 2 aliphatic heterocycles. The molecule has 2 amide bonds. The van der Waals surface area contributed by atoms with Gasteiger partial charge in [0.15, 0.2) is 0 Å². The minimum atomic E-state index is -4.10. The van der Waals surface area contributed by atoms with Gasteiger partial charge in [-0.1, -0.05) is 48.5 Å². The molecule has 2 fully saturated rings. The van der Waals surface area contributed by atoms with E-state index >= 15 is 0 Å². The number of sulfonamides is 1. The van der Waals surface area contributed by atoms with E-state index in [1.54, 1.807) is 41.3 Å². The first-order chi connectivity index (χ1) is 18.9. The van der Waals surface area contributed by atoms with Crippen LogP contribution in [0.25, 0.3) is 0 Å². The number of likely N-dealkylation sites (tertiary alicyclic amines) is 1. The van der Waals surface area contributed by atoms with Crippen molar-refractivity contribution in [2.45, 2.75) is 36.4 Å². The topological polar surface area (TPSA) is 105 Å². The lowest BCUT2D eigenvalue weighted by Crippen LogP contribution is -2.54. The standard InChI is InChI=1S/C29H31N3O6S/c1-37-24-12-14-25(15-13-24)39(35,36)32-26(28(33)30-38-20-21-8-4-2-5-9-21)18-23-16-17-31(19-27(23)32)29(34)22-10-6-3-7-11-22/h2-15,23,26-27H,16-20H2,1H3,(H,30,33)/t23-,26-,27-/m0/s1. The fourth-order valence-corrected chi connectivity index (χ4v) is 7.22. The summed E-state index contributed by atoms with van der Waals surface area (Å²) in [6.07, 6.45) is 0.931. The van der Waals surface area contributed by atoms with Crippen LogP contribution in [0.2, 0.25) is 0 Å². The molecule has 2 aliphatic rings. The highest BCUT2D eigenvalue weighted by Gasteiger charge is 2.52. The lowest BCUT2D eigenvalue weighted by Gasteiger charge is -2.38. The van der Waals surface area contributed by atoms with Crippen LogP contribution >= 0.6 is 0 Å². The molecule has 3 aromatic carbocycles. The molecule has 9 nitrogen and oxygen atoms in total. The number of rotatable bonds is 8. The fraction of sp³-hybridized carbons (Fsp3) is 0.310. The quantitative estimate of drug-likeness (QED) is 0.433. The number of nitrogens with one attached hydrogen (secondary N) is 1. The summed E-state index contributed by atoms with van der Waals surface area (Å²) in [5, 5.41) is 0. The van der Waals surface area contributed by atoms with Gasteiger partial charge in [-0.2, -0.15) is 4.31 Å². The van der Waals surface area contributed by atoms with E-state index < -0.39 is 28.0 Å². The average Bonchev–Trinajstić information content (AvgIpc) is 3.38. The van der Waals surface area contributed by atoms with Crippen LogP contribution in [0.5, 0.6) is 5.75 Å². The summed E-state index contributed by atoms with van der Waals surface area (Å²) in [4.78, 5) is 33.8. The Balaban J connectivity index is 1.40. The molecule has 0 saturated carbocycles. The molecule has 0 radical (unpaired) electrons. The van der Waals surface area contributed by atoms with Gasteiger partial charge in [-0.25, -0.2) is 13.9 Å². The van der Waals surface area contributed by atoms with Crippen LogP contribution in [0.15, 0.2) is 89.8 Å². The minimum absolute atomic E-state index is 0.0541. The van der Waals surface area contributed by atoms with Crippen LogP contribution in [0.1, 0.15) is 28.8 Å². The first kappa shape index (κ1) is 26.9. The van der Waals surface area contributed by atoms with Gasteiger partial charge in [0.2, 0.25) is 10.0 Å². The van der Waals surface area contributed by atoms with E-state index in [2.05, 4.69) is 5.48 Å². The number of nitrogens with zero attached hydrogens (tertiary/aromatic N) is 2. The molecule has 2 saturated heterocycles. The zero-order chi connectivity index (χ0) is 27.4. The van der Waals surface area contributed by atoms with Crippen LogP contribution in [0.4, 0.5) is 0 Å². The predicted molar refractivity (Wildman–Crippen MR) is 144 cm³/mol. The van der Waals surface area contributed by atoms with E-state index in [-0.39, 0.29) is 29.9 Å². The first-order valence-corrected chi connectivity index (χ1v) is 14.3. The van der Waals surface area contributed by atoms with Crippen LogP contribution in [0.3, 0.4) is 0 Å². The van der Waals surface area contributed by atoms with Gasteiger partial charge in [-0.05, 0) is 60.7 Å². The number of carbonyl (C=O) groups is 2. The Labute approximate surface area is 228 Å². The summed E-state index contributed by atoms with van der Waals surface area (Å²) < 4.78 is 34.5. The normalized spacial score (nSPS) is 21.3. The number of methoxy groups -OCH3 is 1. The Morgan fingerprint density at radius 3 is 2.28 bits per heavy atom. The zero-order valence-electron chi connectivity index (χ0n) is 21.6. The number of hydroxylamine groups is 1. The molecular weight excluding hydrogens is 518 g/mol. The molecule has 0 spiro atoms. The van der Waals surface area contributed by atoms with Crippen LogP contribution < -0.4 is 10.2 Å². The third-order valence-corrected chi connectivity index (χ3v) is 9.33. The monoisotopic (exact) mass is 549 g/mol. The summed E-state index contributed by atoms with van der Waals surface area (Å²) in [5.41, 5.74) is 3.88. The van der Waals surface area contributed by atoms with Crippen molar-refractivity contribution in [2.75, 3.05) is 20.2 Å². The second-order valence-corrected chi connectivity index (χ2v) is 11.6. The number of fused-ring (bicyclic) bond motifs is 1. The maximum atomic E-state index is 14.0. The Morgan fingerprint density at radius 1 is 0.949 bits per heavy atom. The minimum Gasteiger partial charge on any atom is -0.497 e. The molecular formula is C29H31N3O6S. The molecule has 0 bridgehead atoms. The molecule has 0 unspecified atom stereocenters. The molecule has 39 heavy (non-hydrogen) atoms. The lowest BCUT2D eigenvalue weighted by molar-refractivity contribution is -0.138. The SMILES string of the molecule is COc1ccc(S(=O)(=O)N2[C@H](C(=O)NOCc3ccccc3)C[C@@H]3CCN(C(=O)c4ccccc4)C[C@@H]32)cc1. The Morgan fingerprint density at radius 2 is 1.62 bits per heavy atom. The molecule has 10 heteroatoms. The Hall–Kier alpha value is -3.73. The van der Waals surface area contributed by atoms with E-state index in [1.807, 2.05) is 36.4 Å². The van der Waals surface area contributed by atoms with E-state index in [9.17, 15) is 18.0 Å². The summed E-state index contributed by atoms with van der Waals surface area (Å²) in [5.74, 6) is -0.245. The fourth-order valence-electron chi connectivity index (χ4n) is 5.38. The number of carbonyl (C=O) groups excluding carboxylic acids is 2. The van der Waals surface area contributed by atoms with Gasteiger partial charge in [-0.15, -0.1) is 0 Å². The smallest absolute Gasteiger partial charge is 0.262 e. The van der Waals surface area contributed by atoms with Gasteiger partial charge >= 0.3 is 0 Å². The van der Waals surface area contributed by atoms with E-state index in [4.69, 9.17) is 9.57 Å². The van der Waals surface area contributed by atoms with Crippen molar-refractivity contribution in [3.8, 4) is 5.75 Å². The summed E-state index contributed by atoms with van der Waals surface area (Å²) in [6.45, 7) is 0.837. The highest BCUT2D eigenvalue weighted by molar-refractivity contribution is 7.89. The van der Waals surface area contributed by atoms with Crippen LogP contribution in [0, 0.1) is 5.92 Å². The highest BCUT2D eigenvalue weighted by atomic mass is 32.2. The molecule has 5 rings (SSSR count). The van der Waals surface area contributed by atoms with Crippen molar-refractivity contribution in [1.82, 2.24) is 14.7 Å². The van der Waals surface area contributed by atoms with Crippen molar-refractivity contribution >= 4 is 21.8 Å². The van der Waals surface area contributed by atoms with Gasteiger partial charge < -0.3 is 9.64 Å². The third kappa shape index (κ3) is 5.68. The van der Waals surface area contributed by atoms with Crippen molar-refractivity contribution in [2.24, 2.45) is 5.92 Å². The Kier molecular flexibility index (Phi) is 7.97. The van der Waals surface area contributed by atoms with Crippen LogP contribution in [-0.2, 0) is 26.3 Å².